The first-order valence-electron chi connectivity index (χ1n) is 4.75. The lowest BCUT2D eigenvalue weighted by atomic mass is 9.80. The zero-order chi connectivity index (χ0) is 10.5. The highest BCUT2D eigenvalue weighted by molar-refractivity contribution is 5.76. The molecule has 2 heteroatoms. The molecule has 0 saturated heterocycles. The average molecular weight is 183 g/mol. The Balaban J connectivity index is 3.85. The Hall–Kier alpha value is -0.790. The first kappa shape index (κ1) is 12.2. The van der Waals surface area contributed by atoms with E-state index in [0.717, 1.165) is 0 Å². The Morgan fingerprint density at radius 1 is 1.54 bits per heavy atom. The van der Waals surface area contributed by atoms with Gasteiger partial charge in [-0.25, -0.2) is 0 Å². The lowest BCUT2D eigenvalue weighted by Crippen LogP contribution is -2.29. The molecule has 1 amide bonds. The lowest BCUT2D eigenvalue weighted by Gasteiger charge is -2.26. The van der Waals surface area contributed by atoms with Crippen LogP contribution in [0.2, 0.25) is 0 Å². The molecule has 0 heterocycles. The van der Waals surface area contributed by atoms with Gasteiger partial charge in [-0.15, -0.1) is 6.58 Å². The van der Waals surface area contributed by atoms with E-state index >= 15 is 0 Å². The van der Waals surface area contributed by atoms with Crippen LogP contribution in [0.1, 0.15) is 34.1 Å². The standard InChI is InChI=1S/C11H21NO/c1-6-7-12-10(13)8-9(2)11(3,4)5/h6,9H,1,7-8H2,2-5H3,(H,12,13). The quantitative estimate of drug-likeness (QED) is 0.666. The van der Waals surface area contributed by atoms with Crippen molar-refractivity contribution >= 4 is 5.91 Å². The zero-order valence-corrected chi connectivity index (χ0v) is 9.18. The van der Waals surface area contributed by atoms with Gasteiger partial charge in [0, 0.05) is 13.0 Å². The number of hydrogen-bond acceptors (Lipinski definition) is 1. The van der Waals surface area contributed by atoms with Crippen molar-refractivity contribution in [2.75, 3.05) is 6.54 Å². The molecule has 1 unspecified atom stereocenters. The summed E-state index contributed by atoms with van der Waals surface area (Å²) in [7, 11) is 0. The van der Waals surface area contributed by atoms with E-state index < -0.39 is 0 Å². The summed E-state index contributed by atoms with van der Waals surface area (Å²) in [6.45, 7) is 12.7. The van der Waals surface area contributed by atoms with Crippen molar-refractivity contribution < 1.29 is 4.79 Å². The summed E-state index contributed by atoms with van der Waals surface area (Å²) in [5.74, 6) is 0.514. The topological polar surface area (TPSA) is 29.1 Å². The maximum absolute atomic E-state index is 11.3. The van der Waals surface area contributed by atoms with Gasteiger partial charge in [0.25, 0.3) is 0 Å². The predicted molar refractivity (Wildman–Crippen MR) is 56.4 cm³/mol. The molecular formula is C11H21NO. The SMILES string of the molecule is C=CCNC(=O)CC(C)C(C)(C)C. The van der Waals surface area contributed by atoms with E-state index in [1.807, 2.05) is 0 Å². The summed E-state index contributed by atoms with van der Waals surface area (Å²) >= 11 is 0. The van der Waals surface area contributed by atoms with Gasteiger partial charge in [-0.05, 0) is 11.3 Å². The third-order valence-electron chi connectivity index (χ3n) is 2.41. The van der Waals surface area contributed by atoms with Crippen molar-refractivity contribution in [2.24, 2.45) is 11.3 Å². The smallest absolute Gasteiger partial charge is 0.220 e. The van der Waals surface area contributed by atoms with Gasteiger partial charge in [0.15, 0.2) is 0 Å². The van der Waals surface area contributed by atoms with Crippen molar-refractivity contribution in [3.05, 3.63) is 12.7 Å². The summed E-state index contributed by atoms with van der Waals surface area (Å²) in [6.07, 6.45) is 2.29. The van der Waals surface area contributed by atoms with Gasteiger partial charge in [0.05, 0.1) is 0 Å². The normalized spacial score (nSPS) is 13.5. The molecule has 2 nitrogen and oxygen atoms in total. The maximum atomic E-state index is 11.3. The monoisotopic (exact) mass is 183 g/mol. The minimum Gasteiger partial charge on any atom is -0.353 e. The Morgan fingerprint density at radius 2 is 2.08 bits per heavy atom. The van der Waals surface area contributed by atoms with Crippen molar-refractivity contribution in [1.82, 2.24) is 5.32 Å². The zero-order valence-electron chi connectivity index (χ0n) is 9.18. The summed E-state index contributed by atoms with van der Waals surface area (Å²) in [5.41, 5.74) is 0.200. The molecule has 0 aliphatic heterocycles. The fraction of sp³-hybridized carbons (Fsp3) is 0.727. The fourth-order valence-corrected chi connectivity index (χ4v) is 0.842. The molecule has 0 fully saturated rings. The van der Waals surface area contributed by atoms with Crippen LogP contribution in [0.25, 0.3) is 0 Å². The number of carbonyl (C=O) groups is 1. The average Bonchev–Trinajstić information content (AvgIpc) is 1.99. The number of rotatable bonds is 4. The van der Waals surface area contributed by atoms with Crippen molar-refractivity contribution in [3.63, 3.8) is 0 Å². The molecule has 0 rings (SSSR count). The third kappa shape index (κ3) is 5.45. The molecule has 0 spiro atoms. The summed E-state index contributed by atoms with van der Waals surface area (Å²) in [5, 5.41) is 2.78. The van der Waals surface area contributed by atoms with Crippen LogP contribution in [0, 0.1) is 11.3 Å². The van der Waals surface area contributed by atoms with E-state index in [1.54, 1.807) is 6.08 Å². The van der Waals surface area contributed by atoms with Gasteiger partial charge < -0.3 is 5.32 Å². The molecule has 0 saturated carbocycles. The Morgan fingerprint density at radius 3 is 2.46 bits per heavy atom. The van der Waals surface area contributed by atoms with Crippen molar-refractivity contribution in [3.8, 4) is 0 Å². The molecule has 13 heavy (non-hydrogen) atoms. The first-order valence-corrected chi connectivity index (χ1v) is 4.75. The number of carbonyl (C=O) groups excluding carboxylic acids is 1. The molecule has 0 aromatic carbocycles. The van der Waals surface area contributed by atoms with Gasteiger partial charge in [0.1, 0.15) is 0 Å². The van der Waals surface area contributed by atoms with E-state index in [1.165, 1.54) is 0 Å². The third-order valence-corrected chi connectivity index (χ3v) is 2.41. The number of hydrogen-bond donors (Lipinski definition) is 1. The highest BCUT2D eigenvalue weighted by Crippen LogP contribution is 2.27. The predicted octanol–water partition coefficient (Wildman–Crippen LogP) is 2.36. The van der Waals surface area contributed by atoms with E-state index in [2.05, 4.69) is 39.6 Å². The molecule has 0 radical (unpaired) electrons. The van der Waals surface area contributed by atoms with Gasteiger partial charge in [-0.3, -0.25) is 4.79 Å². The largest absolute Gasteiger partial charge is 0.353 e. The van der Waals surface area contributed by atoms with Crippen LogP contribution in [-0.2, 0) is 4.79 Å². The minimum atomic E-state index is 0.113. The Bertz CT molecular complexity index is 179. The van der Waals surface area contributed by atoms with E-state index in [-0.39, 0.29) is 11.3 Å². The fourth-order valence-electron chi connectivity index (χ4n) is 0.842. The van der Waals surface area contributed by atoms with E-state index in [9.17, 15) is 4.79 Å². The molecule has 0 aliphatic carbocycles. The molecule has 0 bridgehead atoms. The summed E-state index contributed by atoms with van der Waals surface area (Å²) < 4.78 is 0. The Labute approximate surface area is 81.4 Å². The minimum absolute atomic E-state index is 0.113. The molecule has 1 atom stereocenters. The van der Waals surface area contributed by atoms with Crippen LogP contribution in [0.15, 0.2) is 12.7 Å². The second kappa shape index (κ2) is 5.05. The van der Waals surface area contributed by atoms with Gasteiger partial charge >= 0.3 is 0 Å². The van der Waals surface area contributed by atoms with Gasteiger partial charge in [-0.2, -0.15) is 0 Å². The van der Waals surface area contributed by atoms with Crippen LogP contribution < -0.4 is 5.32 Å². The highest BCUT2D eigenvalue weighted by atomic mass is 16.1. The molecule has 0 aliphatic rings. The van der Waals surface area contributed by atoms with Gasteiger partial charge in [-0.1, -0.05) is 33.8 Å². The van der Waals surface area contributed by atoms with Crippen LogP contribution in [-0.4, -0.2) is 12.5 Å². The van der Waals surface area contributed by atoms with Crippen LogP contribution in [0.4, 0.5) is 0 Å². The van der Waals surface area contributed by atoms with Crippen LogP contribution in [0.3, 0.4) is 0 Å². The highest BCUT2D eigenvalue weighted by Gasteiger charge is 2.21. The van der Waals surface area contributed by atoms with Crippen molar-refractivity contribution in [1.29, 1.82) is 0 Å². The molecule has 0 aromatic heterocycles. The number of amides is 1. The maximum Gasteiger partial charge on any atom is 0.220 e. The van der Waals surface area contributed by atoms with Crippen LogP contribution >= 0.6 is 0 Å². The second-order valence-corrected chi connectivity index (χ2v) is 4.56. The molecular weight excluding hydrogens is 162 g/mol. The summed E-state index contributed by atoms with van der Waals surface area (Å²) in [6, 6.07) is 0. The van der Waals surface area contributed by atoms with Crippen molar-refractivity contribution in [2.45, 2.75) is 34.1 Å². The number of nitrogens with one attached hydrogen (secondary N) is 1. The van der Waals surface area contributed by atoms with Crippen LogP contribution in [0.5, 0.6) is 0 Å². The molecule has 76 valence electrons. The first-order chi connectivity index (χ1) is 5.88. The van der Waals surface area contributed by atoms with E-state index in [4.69, 9.17) is 0 Å². The second-order valence-electron chi connectivity index (χ2n) is 4.56. The molecule has 1 N–H and O–H groups in total. The summed E-state index contributed by atoms with van der Waals surface area (Å²) in [4.78, 5) is 11.3. The lowest BCUT2D eigenvalue weighted by molar-refractivity contribution is -0.122. The van der Waals surface area contributed by atoms with Gasteiger partial charge in [0.2, 0.25) is 5.91 Å². The Kier molecular flexibility index (Phi) is 4.74. The van der Waals surface area contributed by atoms with E-state index in [0.29, 0.717) is 18.9 Å². The molecule has 0 aromatic rings.